The van der Waals surface area contributed by atoms with Crippen molar-refractivity contribution >= 4 is 35.3 Å². The Labute approximate surface area is 156 Å². The molecule has 0 atom stereocenters. The van der Waals surface area contributed by atoms with Crippen LogP contribution >= 0.6 is 11.8 Å². The van der Waals surface area contributed by atoms with E-state index >= 15 is 0 Å². The van der Waals surface area contributed by atoms with Crippen molar-refractivity contribution in [2.24, 2.45) is 5.92 Å². The van der Waals surface area contributed by atoms with Crippen LogP contribution in [0.15, 0.2) is 24.3 Å². The SMILES string of the molecule is COC(=O)C(=O)Nc1ccccc1F.CSCOC(=O)C1CCCCC1. The smallest absolute Gasteiger partial charge is 0.396 e. The van der Waals surface area contributed by atoms with Gasteiger partial charge in [-0.2, -0.15) is 0 Å². The first-order valence-corrected chi connectivity index (χ1v) is 9.68. The van der Waals surface area contributed by atoms with Gasteiger partial charge in [-0.05, 0) is 31.2 Å². The van der Waals surface area contributed by atoms with Crippen LogP contribution in [-0.4, -0.2) is 37.2 Å². The third-order valence-corrected chi connectivity index (χ3v) is 4.10. The molecular formula is C18H24FNO5S. The number of carbonyl (C=O) groups excluding carboxylic acids is 3. The summed E-state index contributed by atoms with van der Waals surface area (Å²) in [7, 11) is 1.07. The Hall–Kier alpha value is -2.09. The zero-order chi connectivity index (χ0) is 19.4. The molecule has 0 aliphatic heterocycles. The van der Waals surface area contributed by atoms with Crippen molar-refractivity contribution in [2.75, 3.05) is 24.6 Å². The zero-order valence-corrected chi connectivity index (χ0v) is 15.8. The highest BCUT2D eigenvalue weighted by Crippen LogP contribution is 2.24. The summed E-state index contributed by atoms with van der Waals surface area (Å²) < 4.78 is 22.2. The van der Waals surface area contributed by atoms with Gasteiger partial charge in [0.25, 0.3) is 0 Å². The molecule has 1 aliphatic carbocycles. The van der Waals surface area contributed by atoms with Crippen LogP contribution in [0, 0.1) is 11.7 Å². The Bertz CT molecular complexity index is 605. The molecule has 1 aromatic carbocycles. The second kappa shape index (κ2) is 12.3. The molecule has 0 radical (unpaired) electrons. The summed E-state index contributed by atoms with van der Waals surface area (Å²) in [6.45, 7) is 0. The van der Waals surface area contributed by atoms with Gasteiger partial charge in [0.05, 0.1) is 18.7 Å². The normalized spacial score (nSPS) is 13.8. The topological polar surface area (TPSA) is 81.7 Å². The zero-order valence-electron chi connectivity index (χ0n) is 15.0. The molecule has 6 nitrogen and oxygen atoms in total. The molecule has 1 fully saturated rings. The Morgan fingerprint density at radius 1 is 1.19 bits per heavy atom. The van der Waals surface area contributed by atoms with Crippen LogP contribution in [0.4, 0.5) is 10.1 Å². The van der Waals surface area contributed by atoms with Gasteiger partial charge >= 0.3 is 17.8 Å². The summed E-state index contributed by atoms with van der Waals surface area (Å²) in [5.74, 6) is -1.94. The first kappa shape index (κ1) is 22.0. The molecule has 0 heterocycles. The lowest BCUT2D eigenvalue weighted by molar-refractivity contribution is -0.150. The van der Waals surface area contributed by atoms with E-state index in [1.165, 1.54) is 43.5 Å². The van der Waals surface area contributed by atoms with E-state index in [1.807, 2.05) is 6.26 Å². The maximum atomic E-state index is 13.0. The van der Waals surface area contributed by atoms with Crippen molar-refractivity contribution < 1.29 is 28.2 Å². The predicted molar refractivity (Wildman–Crippen MR) is 98.1 cm³/mol. The number of hydrogen-bond donors (Lipinski definition) is 1. The molecule has 0 bridgehead atoms. The average molecular weight is 385 g/mol. The third-order valence-electron chi connectivity index (χ3n) is 3.75. The van der Waals surface area contributed by atoms with E-state index in [9.17, 15) is 18.8 Å². The molecule has 1 N–H and O–H groups in total. The lowest BCUT2D eigenvalue weighted by Crippen LogP contribution is -2.24. The lowest BCUT2D eigenvalue weighted by atomic mass is 9.89. The molecule has 144 valence electrons. The quantitative estimate of drug-likeness (QED) is 0.486. The minimum atomic E-state index is -1.06. The van der Waals surface area contributed by atoms with Crippen LogP contribution in [0.3, 0.4) is 0 Å². The number of benzene rings is 1. The maximum absolute atomic E-state index is 13.0. The van der Waals surface area contributed by atoms with E-state index in [1.54, 1.807) is 11.8 Å². The largest absolute Gasteiger partial charge is 0.462 e. The van der Waals surface area contributed by atoms with Crippen LogP contribution in [0.5, 0.6) is 0 Å². The van der Waals surface area contributed by atoms with Crippen molar-refractivity contribution in [3.05, 3.63) is 30.1 Å². The molecule has 1 aromatic rings. The van der Waals surface area contributed by atoms with E-state index in [0.717, 1.165) is 20.0 Å². The highest BCUT2D eigenvalue weighted by atomic mass is 32.2. The highest BCUT2D eigenvalue weighted by molar-refractivity contribution is 7.98. The van der Waals surface area contributed by atoms with Crippen LogP contribution in [0.25, 0.3) is 0 Å². The van der Waals surface area contributed by atoms with Crippen LogP contribution in [-0.2, 0) is 23.9 Å². The van der Waals surface area contributed by atoms with Gasteiger partial charge in [-0.1, -0.05) is 31.4 Å². The molecule has 0 aromatic heterocycles. The Morgan fingerprint density at radius 3 is 2.42 bits per heavy atom. The molecule has 0 spiro atoms. The first-order valence-electron chi connectivity index (χ1n) is 8.29. The Kier molecular flexibility index (Phi) is 10.4. The summed E-state index contributed by atoms with van der Waals surface area (Å²) in [5.41, 5.74) is -0.0529. The van der Waals surface area contributed by atoms with Gasteiger partial charge < -0.3 is 14.8 Å². The number of amides is 1. The van der Waals surface area contributed by atoms with Gasteiger partial charge in [0, 0.05) is 0 Å². The van der Waals surface area contributed by atoms with E-state index in [0.29, 0.717) is 5.94 Å². The molecular weight excluding hydrogens is 361 g/mol. The fourth-order valence-corrected chi connectivity index (χ4v) is 2.64. The molecule has 26 heavy (non-hydrogen) atoms. The Morgan fingerprint density at radius 2 is 1.85 bits per heavy atom. The number of nitrogens with one attached hydrogen (secondary N) is 1. The summed E-state index contributed by atoms with van der Waals surface area (Å²) in [6, 6.07) is 5.53. The second-order valence-corrected chi connectivity index (χ2v) is 6.44. The fourth-order valence-electron chi connectivity index (χ4n) is 2.40. The minimum Gasteiger partial charge on any atom is -0.462 e. The van der Waals surface area contributed by atoms with Gasteiger partial charge in [0.15, 0.2) is 0 Å². The number of hydrogen-bond acceptors (Lipinski definition) is 6. The standard InChI is InChI=1S/C9H8FNO3.C9H16O2S/c1-14-9(13)8(12)11-7-5-3-2-4-6(7)10;1-12-7-11-9(10)8-5-3-2-4-6-8/h2-5H,1H3,(H,11,12);8H,2-7H2,1H3. The van der Waals surface area contributed by atoms with E-state index in [-0.39, 0.29) is 17.6 Å². The highest BCUT2D eigenvalue weighted by Gasteiger charge is 2.21. The van der Waals surface area contributed by atoms with Gasteiger partial charge in [-0.15, -0.1) is 11.8 Å². The Balaban J connectivity index is 0.000000263. The summed E-state index contributed by atoms with van der Waals surface area (Å²) >= 11 is 1.55. The van der Waals surface area contributed by atoms with Gasteiger partial charge in [0.1, 0.15) is 11.8 Å². The molecule has 1 aliphatic rings. The predicted octanol–water partition coefficient (Wildman–Crippen LogP) is 3.37. The average Bonchev–Trinajstić information content (AvgIpc) is 2.68. The number of anilines is 1. The number of esters is 2. The molecule has 2 rings (SSSR count). The van der Waals surface area contributed by atoms with Crippen LogP contribution in [0.2, 0.25) is 0 Å². The minimum absolute atomic E-state index is 0.0176. The van der Waals surface area contributed by atoms with E-state index in [4.69, 9.17) is 4.74 Å². The lowest BCUT2D eigenvalue weighted by Gasteiger charge is -2.19. The molecule has 0 unspecified atom stereocenters. The van der Waals surface area contributed by atoms with Gasteiger partial charge in [0.2, 0.25) is 0 Å². The summed E-state index contributed by atoms with van der Waals surface area (Å²) in [4.78, 5) is 32.9. The summed E-state index contributed by atoms with van der Waals surface area (Å²) in [5, 5.41) is 2.07. The number of carbonyl (C=O) groups is 3. The second-order valence-electron chi connectivity index (χ2n) is 5.63. The molecule has 1 saturated carbocycles. The van der Waals surface area contributed by atoms with Crippen molar-refractivity contribution in [3.8, 4) is 0 Å². The first-order chi connectivity index (χ1) is 12.5. The van der Waals surface area contributed by atoms with Crippen LogP contribution in [0.1, 0.15) is 32.1 Å². The maximum Gasteiger partial charge on any atom is 0.396 e. The van der Waals surface area contributed by atoms with Crippen molar-refractivity contribution in [1.29, 1.82) is 0 Å². The van der Waals surface area contributed by atoms with E-state index < -0.39 is 17.7 Å². The monoisotopic (exact) mass is 385 g/mol. The number of rotatable bonds is 4. The molecule has 0 saturated heterocycles. The number of para-hydroxylation sites is 1. The van der Waals surface area contributed by atoms with Crippen molar-refractivity contribution in [1.82, 2.24) is 0 Å². The van der Waals surface area contributed by atoms with Gasteiger partial charge in [-0.3, -0.25) is 9.59 Å². The fraction of sp³-hybridized carbons (Fsp3) is 0.500. The number of thioether (sulfide) groups is 1. The number of ether oxygens (including phenoxy) is 2. The number of methoxy groups -OCH3 is 1. The van der Waals surface area contributed by atoms with Crippen molar-refractivity contribution in [3.63, 3.8) is 0 Å². The number of halogens is 1. The third kappa shape index (κ3) is 7.86. The molecule has 1 amide bonds. The van der Waals surface area contributed by atoms with E-state index in [2.05, 4.69) is 10.1 Å². The van der Waals surface area contributed by atoms with Gasteiger partial charge in [-0.25, -0.2) is 9.18 Å². The summed E-state index contributed by atoms with van der Waals surface area (Å²) in [6.07, 6.45) is 7.68. The van der Waals surface area contributed by atoms with Crippen LogP contribution < -0.4 is 5.32 Å². The molecule has 8 heteroatoms. The van der Waals surface area contributed by atoms with Crippen molar-refractivity contribution in [2.45, 2.75) is 32.1 Å².